The van der Waals surface area contributed by atoms with E-state index in [9.17, 15) is 13.2 Å². The van der Waals surface area contributed by atoms with E-state index in [1.165, 1.54) is 18.5 Å². The average Bonchev–Trinajstić information content (AvgIpc) is 2.71. The number of benzene rings is 2. The normalized spacial score (nSPS) is 11.4. The number of methoxy groups -OCH3 is 1. The molecular weight excluding hydrogens is 376 g/mol. The van der Waals surface area contributed by atoms with Gasteiger partial charge in [0, 0.05) is 31.3 Å². The number of carbonyl (C=O) groups excluding carboxylic acids is 1. The van der Waals surface area contributed by atoms with Gasteiger partial charge in [-0.15, -0.1) is 0 Å². The van der Waals surface area contributed by atoms with Gasteiger partial charge in [-0.25, -0.2) is 8.42 Å². The molecule has 7 heteroatoms. The first-order valence-corrected chi connectivity index (χ1v) is 10.8. The van der Waals surface area contributed by atoms with Crippen LogP contribution in [0, 0.1) is 0 Å². The quantitative estimate of drug-likeness (QED) is 0.616. The Bertz CT molecular complexity index is 883. The molecule has 0 saturated heterocycles. The fraction of sp³-hybridized carbons (Fsp3) is 0.381. The third kappa shape index (κ3) is 5.56. The molecule has 2 aromatic rings. The number of unbranched alkanes of at least 4 members (excludes halogenated alkanes) is 2. The van der Waals surface area contributed by atoms with Crippen molar-refractivity contribution in [2.45, 2.75) is 37.6 Å². The predicted molar refractivity (Wildman–Crippen MR) is 110 cm³/mol. The second-order valence-electron chi connectivity index (χ2n) is 6.56. The number of nitrogens with zero attached hydrogens (tertiary/aromatic N) is 1. The molecular formula is C21H28N2O4S. The van der Waals surface area contributed by atoms with Crippen molar-refractivity contribution in [1.29, 1.82) is 0 Å². The van der Waals surface area contributed by atoms with Crippen LogP contribution in [-0.4, -0.2) is 39.3 Å². The van der Waals surface area contributed by atoms with E-state index in [2.05, 4.69) is 12.2 Å². The molecule has 0 atom stereocenters. The zero-order valence-corrected chi connectivity index (χ0v) is 17.5. The molecule has 0 aliphatic rings. The van der Waals surface area contributed by atoms with Gasteiger partial charge in [-0.3, -0.25) is 4.79 Å². The van der Waals surface area contributed by atoms with E-state index in [1.807, 2.05) is 0 Å². The Labute approximate surface area is 167 Å². The Morgan fingerprint density at radius 2 is 1.82 bits per heavy atom. The number of ether oxygens (including phenoxy) is 1. The molecule has 28 heavy (non-hydrogen) atoms. The van der Waals surface area contributed by atoms with Crippen molar-refractivity contribution in [3.05, 3.63) is 59.7 Å². The second-order valence-corrected chi connectivity index (χ2v) is 8.61. The Kier molecular flexibility index (Phi) is 8.02. The maximum atomic E-state index is 12.8. The Balaban J connectivity index is 2.18. The van der Waals surface area contributed by atoms with Crippen LogP contribution in [0.25, 0.3) is 0 Å². The van der Waals surface area contributed by atoms with Crippen LogP contribution in [0.4, 0.5) is 0 Å². The van der Waals surface area contributed by atoms with Gasteiger partial charge < -0.3 is 10.1 Å². The summed E-state index contributed by atoms with van der Waals surface area (Å²) in [4.78, 5) is 12.6. The van der Waals surface area contributed by atoms with Gasteiger partial charge in [-0.2, -0.15) is 4.31 Å². The number of carbonyl (C=O) groups is 1. The first-order chi connectivity index (χ1) is 13.4. The van der Waals surface area contributed by atoms with Crippen LogP contribution in [0.15, 0.2) is 53.4 Å². The van der Waals surface area contributed by atoms with E-state index < -0.39 is 10.0 Å². The van der Waals surface area contributed by atoms with Gasteiger partial charge in [-0.1, -0.05) is 38.0 Å². The van der Waals surface area contributed by atoms with Gasteiger partial charge in [0.05, 0.1) is 12.0 Å². The molecule has 1 amide bonds. The fourth-order valence-corrected chi connectivity index (χ4v) is 3.99. The number of amides is 1. The van der Waals surface area contributed by atoms with E-state index in [-0.39, 0.29) is 17.3 Å². The number of nitrogens with one attached hydrogen (secondary N) is 1. The molecule has 0 unspecified atom stereocenters. The van der Waals surface area contributed by atoms with E-state index in [0.29, 0.717) is 23.4 Å². The lowest BCUT2D eigenvalue weighted by Gasteiger charge is -2.19. The summed E-state index contributed by atoms with van der Waals surface area (Å²) in [5, 5.41) is 2.90. The molecule has 152 valence electrons. The van der Waals surface area contributed by atoms with Crippen molar-refractivity contribution >= 4 is 15.9 Å². The van der Waals surface area contributed by atoms with Gasteiger partial charge in [-0.05, 0) is 36.8 Å². The summed E-state index contributed by atoms with van der Waals surface area (Å²) in [6, 6.07) is 13.3. The fourth-order valence-electron chi connectivity index (χ4n) is 2.82. The topological polar surface area (TPSA) is 75.7 Å². The minimum absolute atomic E-state index is 0.0946. The van der Waals surface area contributed by atoms with E-state index in [4.69, 9.17) is 4.74 Å². The van der Waals surface area contributed by atoms with Crippen LogP contribution < -0.4 is 10.1 Å². The molecule has 0 saturated carbocycles. The van der Waals surface area contributed by atoms with Crippen LogP contribution in [-0.2, 0) is 16.6 Å². The van der Waals surface area contributed by atoms with Crippen LogP contribution in [0.3, 0.4) is 0 Å². The minimum atomic E-state index is -3.64. The molecule has 0 spiro atoms. The van der Waals surface area contributed by atoms with E-state index in [1.54, 1.807) is 48.5 Å². The van der Waals surface area contributed by atoms with E-state index in [0.717, 1.165) is 19.3 Å². The van der Waals surface area contributed by atoms with E-state index >= 15 is 0 Å². The van der Waals surface area contributed by atoms with Crippen molar-refractivity contribution in [2.24, 2.45) is 0 Å². The summed E-state index contributed by atoms with van der Waals surface area (Å²) < 4.78 is 32.1. The van der Waals surface area contributed by atoms with Crippen molar-refractivity contribution in [1.82, 2.24) is 9.62 Å². The van der Waals surface area contributed by atoms with Gasteiger partial charge in [0.15, 0.2) is 0 Å². The molecule has 1 N–H and O–H groups in total. The Morgan fingerprint density at radius 1 is 1.11 bits per heavy atom. The summed E-state index contributed by atoms with van der Waals surface area (Å²) in [6.45, 7) is 2.82. The van der Waals surface area contributed by atoms with Crippen LogP contribution in [0.5, 0.6) is 5.75 Å². The maximum absolute atomic E-state index is 12.8. The molecule has 2 rings (SSSR count). The summed E-state index contributed by atoms with van der Waals surface area (Å²) >= 11 is 0. The summed E-state index contributed by atoms with van der Waals surface area (Å²) in [7, 11) is -0.603. The molecule has 0 heterocycles. The van der Waals surface area contributed by atoms with Crippen LogP contribution in [0.1, 0.15) is 42.1 Å². The van der Waals surface area contributed by atoms with Gasteiger partial charge in [0.2, 0.25) is 10.0 Å². The maximum Gasteiger partial charge on any atom is 0.251 e. The zero-order chi connectivity index (χ0) is 20.6. The molecule has 6 nitrogen and oxygen atoms in total. The number of hydrogen-bond acceptors (Lipinski definition) is 4. The van der Waals surface area contributed by atoms with Crippen molar-refractivity contribution in [3.63, 3.8) is 0 Å². The van der Waals surface area contributed by atoms with Gasteiger partial charge >= 0.3 is 0 Å². The molecule has 0 aromatic heterocycles. The predicted octanol–water partition coefficient (Wildman–Crippen LogP) is 3.44. The SMILES string of the molecule is CCCCCNC(=O)c1ccc(OC)c(CN(C)S(=O)(=O)c2ccccc2)c1. The van der Waals surface area contributed by atoms with Gasteiger partial charge in [0.25, 0.3) is 5.91 Å². The lowest BCUT2D eigenvalue weighted by molar-refractivity contribution is 0.0953. The van der Waals surface area contributed by atoms with Crippen molar-refractivity contribution < 1.29 is 17.9 Å². The summed E-state index contributed by atoms with van der Waals surface area (Å²) in [5.74, 6) is 0.367. The first kappa shape index (κ1) is 21.9. The third-order valence-corrected chi connectivity index (χ3v) is 6.27. The van der Waals surface area contributed by atoms with Gasteiger partial charge in [0.1, 0.15) is 5.75 Å². The lowest BCUT2D eigenvalue weighted by Crippen LogP contribution is -2.27. The molecule has 0 aliphatic heterocycles. The third-order valence-electron chi connectivity index (χ3n) is 4.45. The number of rotatable bonds is 10. The highest BCUT2D eigenvalue weighted by Gasteiger charge is 2.22. The number of sulfonamides is 1. The molecule has 0 bridgehead atoms. The zero-order valence-electron chi connectivity index (χ0n) is 16.6. The molecule has 2 aromatic carbocycles. The Hall–Kier alpha value is -2.38. The highest BCUT2D eigenvalue weighted by atomic mass is 32.2. The highest BCUT2D eigenvalue weighted by Crippen LogP contribution is 2.24. The molecule has 0 radical (unpaired) electrons. The standard InChI is InChI=1S/C21H28N2O4S/c1-4-5-9-14-22-21(24)17-12-13-20(27-3)18(15-17)16-23(2)28(25,26)19-10-7-6-8-11-19/h6-8,10-13,15H,4-5,9,14,16H2,1-3H3,(H,22,24). The summed E-state index contributed by atoms with van der Waals surface area (Å²) in [5.41, 5.74) is 1.11. The molecule has 0 fully saturated rings. The Morgan fingerprint density at radius 3 is 2.46 bits per heavy atom. The monoisotopic (exact) mass is 404 g/mol. The van der Waals surface area contributed by atoms with Crippen molar-refractivity contribution in [2.75, 3.05) is 20.7 Å². The lowest BCUT2D eigenvalue weighted by atomic mass is 10.1. The average molecular weight is 405 g/mol. The highest BCUT2D eigenvalue weighted by molar-refractivity contribution is 7.89. The smallest absolute Gasteiger partial charge is 0.251 e. The van der Waals surface area contributed by atoms with Crippen LogP contribution in [0.2, 0.25) is 0 Å². The first-order valence-electron chi connectivity index (χ1n) is 9.36. The minimum Gasteiger partial charge on any atom is -0.496 e. The second kappa shape index (κ2) is 10.2. The summed E-state index contributed by atoms with van der Waals surface area (Å²) in [6.07, 6.45) is 3.09. The number of hydrogen-bond donors (Lipinski definition) is 1. The largest absolute Gasteiger partial charge is 0.496 e. The van der Waals surface area contributed by atoms with Crippen LogP contribution >= 0.6 is 0 Å². The van der Waals surface area contributed by atoms with Crippen molar-refractivity contribution in [3.8, 4) is 5.75 Å². The molecule has 0 aliphatic carbocycles.